The lowest BCUT2D eigenvalue weighted by molar-refractivity contribution is 1.13. The number of aryl methyl sites for hydroxylation is 1. The van der Waals surface area contributed by atoms with Crippen molar-refractivity contribution >= 4 is 57.2 Å². The van der Waals surface area contributed by atoms with Crippen molar-refractivity contribution < 1.29 is 0 Å². The summed E-state index contributed by atoms with van der Waals surface area (Å²) in [6.07, 6.45) is 4.82. The molecule has 134 valence electrons. The van der Waals surface area contributed by atoms with Crippen LogP contribution in [0.3, 0.4) is 0 Å². The maximum atomic E-state index is 6.26. The van der Waals surface area contributed by atoms with E-state index in [0.717, 1.165) is 16.5 Å². The van der Waals surface area contributed by atoms with Crippen molar-refractivity contribution in [3.05, 3.63) is 69.6 Å². The summed E-state index contributed by atoms with van der Waals surface area (Å²) in [5, 5.41) is 5.69. The third-order valence-corrected chi connectivity index (χ3v) is 4.53. The van der Waals surface area contributed by atoms with Crippen LogP contribution in [0, 0.1) is 6.92 Å². The third-order valence-electron chi connectivity index (χ3n) is 3.87. The van der Waals surface area contributed by atoms with Crippen LogP contribution in [-0.2, 0) is 0 Å². The Morgan fingerprint density at radius 3 is 2.30 bits per heavy atom. The van der Waals surface area contributed by atoms with Gasteiger partial charge in [0.15, 0.2) is 5.82 Å². The zero-order valence-electron chi connectivity index (χ0n) is 14.0. The van der Waals surface area contributed by atoms with Crippen LogP contribution in [-0.4, -0.2) is 19.9 Å². The van der Waals surface area contributed by atoms with Gasteiger partial charge < -0.3 is 5.32 Å². The average molecular weight is 417 g/mol. The summed E-state index contributed by atoms with van der Waals surface area (Å²) >= 11 is 18.5. The summed E-state index contributed by atoms with van der Waals surface area (Å²) in [6.45, 7) is 1.95. The summed E-state index contributed by atoms with van der Waals surface area (Å²) < 4.78 is 0. The second-order valence-corrected chi connectivity index (χ2v) is 7.20. The number of fused-ring (bicyclic) bond motifs is 1. The van der Waals surface area contributed by atoms with Crippen LogP contribution in [0.15, 0.2) is 48.9 Å². The molecule has 2 aromatic carbocycles. The highest BCUT2D eigenvalue weighted by atomic mass is 35.5. The molecule has 0 aliphatic rings. The molecule has 5 nitrogen and oxygen atoms in total. The molecule has 8 heteroatoms. The van der Waals surface area contributed by atoms with Crippen molar-refractivity contribution in [3.63, 3.8) is 0 Å². The Labute approximate surface area is 170 Å². The van der Waals surface area contributed by atoms with Gasteiger partial charge in [-0.05, 0) is 42.8 Å². The van der Waals surface area contributed by atoms with Gasteiger partial charge in [0.2, 0.25) is 0 Å². The van der Waals surface area contributed by atoms with E-state index in [1.165, 1.54) is 0 Å². The number of nitrogens with one attached hydrogen (secondary N) is 1. The van der Waals surface area contributed by atoms with Gasteiger partial charge in [0.05, 0.1) is 11.7 Å². The van der Waals surface area contributed by atoms with Gasteiger partial charge in [0.25, 0.3) is 0 Å². The fourth-order valence-corrected chi connectivity index (χ4v) is 3.55. The zero-order chi connectivity index (χ0) is 19.0. The maximum Gasteiger partial charge on any atom is 0.182 e. The molecule has 0 amide bonds. The number of nitrogens with zero attached hydrogens (tertiary/aromatic N) is 4. The lowest BCUT2D eigenvalue weighted by Crippen LogP contribution is -2.01. The van der Waals surface area contributed by atoms with E-state index >= 15 is 0 Å². The van der Waals surface area contributed by atoms with Crippen molar-refractivity contribution in [1.29, 1.82) is 0 Å². The van der Waals surface area contributed by atoms with Gasteiger partial charge in [0.1, 0.15) is 11.5 Å². The molecule has 1 N–H and O–H groups in total. The molecule has 0 spiro atoms. The normalized spacial score (nSPS) is 11.0. The predicted molar refractivity (Wildman–Crippen MR) is 110 cm³/mol. The second kappa shape index (κ2) is 7.27. The standard InChI is InChI=1S/C19H12Cl3N5/c1-10-4-11(20)8-15-17(10)26-19(16-9-23-2-3-24-16)27-18(15)25-14-6-12(21)5-13(22)7-14/h2-9H,1H3,(H,25,26,27). The number of anilines is 2. The highest BCUT2D eigenvalue weighted by Gasteiger charge is 2.14. The first-order valence-corrected chi connectivity index (χ1v) is 9.10. The van der Waals surface area contributed by atoms with Gasteiger partial charge in [-0.25, -0.2) is 15.0 Å². The first-order chi connectivity index (χ1) is 13.0. The molecule has 0 radical (unpaired) electrons. The summed E-state index contributed by atoms with van der Waals surface area (Å²) in [4.78, 5) is 17.7. The molecule has 27 heavy (non-hydrogen) atoms. The fraction of sp³-hybridized carbons (Fsp3) is 0.0526. The molecule has 0 saturated carbocycles. The van der Waals surface area contributed by atoms with Crippen molar-refractivity contribution in [2.24, 2.45) is 0 Å². The molecule has 0 fully saturated rings. The minimum Gasteiger partial charge on any atom is -0.340 e. The Hall–Kier alpha value is -2.47. The lowest BCUT2D eigenvalue weighted by Gasteiger charge is -2.13. The van der Waals surface area contributed by atoms with Crippen LogP contribution in [0.4, 0.5) is 11.5 Å². The average Bonchev–Trinajstić information content (AvgIpc) is 2.62. The second-order valence-electron chi connectivity index (χ2n) is 5.89. The van der Waals surface area contributed by atoms with E-state index in [-0.39, 0.29) is 0 Å². The topological polar surface area (TPSA) is 63.6 Å². The van der Waals surface area contributed by atoms with E-state index in [9.17, 15) is 0 Å². The van der Waals surface area contributed by atoms with Crippen LogP contribution in [0.2, 0.25) is 15.1 Å². The van der Waals surface area contributed by atoms with Gasteiger partial charge in [0, 0.05) is 38.5 Å². The number of hydrogen-bond acceptors (Lipinski definition) is 5. The Kier molecular flexibility index (Phi) is 4.83. The van der Waals surface area contributed by atoms with E-state index in [1.54, 1.807) is 36.8 Å². The van der Waals surface area contributed by atoms with Crippen LogP contribution < -0.4 is 5.32 Å². The quantitative estimate of drug-likeness (QED) is 0.437. The minimum atomic E-state index is 0.455. The molecule has 0 aliphatic heterocycles. The molecule has 0 aliphatic carbocycles. The molecule has 0 bridgehead atoms. The van der Waals surface area contributed by atoms with Crippen molar-refractivity contribution in [1.82, 2.24) is 19.9 Å². The lowest BCUT2D eigenvalue weighted by atomic mass is 10.1. The zero-order valence-corrected chi connectivity index (χ0v) is 16.3. The first-order valence-electron chi connectivity index (χ1n) is 7.97. The van der Waals surface area contributed by atoms with E-state index in [4.69, 9.17) is 34.8 Å². The summed E-state index contributed by atoms with van der Waals surface area (Å²) in [6, 6.07) is 8.87. The maximum absolute atomic E-state index is 6.26. The van der Waals surface area contributed by atoms with E-state index in [1.807, 2.05) is 19.1 Å². The van der Waals surface area contributed by atoms with Gasteiger partial charge in [-0.3, -0.25) is 4.98 Å². The predicted octanol–water partition coefficient (Wildman–Crippen LogP) is 6.10. The Balaban J connectivity index is 1.93. The van der Waals surface area contributed by atoms with Crippen molar-refractivity contribution in [2.75, 3.05) is 5.32 Å². The molecular formula is C19H12Cl3N5. The monoisotopic (exact) mass is 415 g/mol. The van der Waals surface area contributed by atoms with Crippen LogP contribution in [0.1, 0.15) is 5.56 Å². The summed E-state index contributed by atoms with van der Waals surface area (Å²) in [5.41, 5.74) is 2.97. The SMILES string of the molecule is Cc1cc(Cl)cc2c(Nc3cc(Cl)cc(Cl)c3)nc(-c3cnccn3)nc12. The first kappa shape index (κ1) is 17.9. The number of rotatable bonds is 3. The number of benzene rings is 2. The molecule has 0 atom stereocenters. The van der Waals surface area contributed by atoms with Crippen LogP contribution in [0.5, 0.6) is 0 Å². The van der Waals surface area contributed by atoms with Gasteiger partial charge >= 0.3 is 0 Å². The Morgan fingerprint density at radius 2 is 1.59 bits per heavy atom. The van der Waals surface area contributed by atoms with E-state index < -0.39 is 0 Å². The van der Waals surface area contributed by atoms with Crippen molar-refractivity contribution in [2.45, 2.75) is 6.92 Å². The molecule has 2 heterocycles. The Bertz CT molecular complexity index is 1130. The van der Waals surface area contributed by atoms with Gasteiger partial charge in [-0.15, -0.1) is 0 Å². The van der Waals surface area contributed by atoms with Crippen LogP contribution in [0.25, 0.3) is 22.4 Å². The number of halogens is 3. The highest BCUT2D eigenvalue weighted by molar-refractivity contribution is 6.35. The van der Waals surface area contributed by atoms with Crippen LogP contribution >= 0.6 is 34.8 Å². The minimum absolute atomic E-state index is 0.455. The van der Waals surface area contributed by atoms with Gasteiger partial charge in [-0.2, -0.15) is 0 Å². The molecular weight excluding hydrogens is 405 g/mol. The van der Waals surface area contributed by atoms with Crippen molar-refractivity contribution in [3.8, 4) is 11.5 Å². The Morgan fingerprint density at radius 1 is 0.852 bits per heavy atom. The molecule has 4 aromatic rings. The molecule has 2 aromatic heterocycles. The number of aromatic nitrogens is 4. The fourth-order valence-electron chi connectivity index (χ4n) is 2.75. The van der Waals surface area contributed by atoms with E-state index in [2.05, 4.69) is 25.3 Å². The largest absolute Gasteiger partial charge is 0.340 e. The van der Waals surface area contributed by atoms with Gasteiger partial charge in [-0.1, -0.05) is 34.8 Å². The summed E-state index contributed by atoms with van der Waals surface area (Å²) in [5.74, 6) is 1.03. The molecule has 4 rings (SSSR count). The highest BCUT2D eigenvalue weighted by Crippen LogP contribution is 2.32. The molecule has 0 unspecified atom stereocenters. The summed E-state index contributed by atoms with van der Waals surface area (Å²) in [7, 11) is 0. The van der Waals surface area contributed by atoms with E-state index in [0.29, 0.717) is 38.1 Å². The molecule has 0 saturated heterocycles. The number of hydrogen-bond donors (Lipinski definition) is 1. The smallest absolute Gasteiger partial charge is 0.182 e. The third kappa shape index (κ3) is 3.81.